The van der Waals surface area contributed by atoms with E-state index >= 15 is 0 Å². The summed E-state index contributed by atoms with van der Waals surface area (Å²) in [6.45, 7) is 1.35. The van der Waals surface area contributed by atoms with Gasteiger partial charge in [-0.3, -0.25) is 9.59 Å². The number of anilines is 1. The van der Waals surface area contributed by atoms with Crippen molar-refractivity contribution in [1.29, 1.82) is 0 Å². The van der Waals surface area contributed by atoms with Crippen LogP contribution in [0.2, 0.25) is 0 Å². The molecule has 2 aliphatic rings. The van der Waals surface area contributed by atoms with Crippen LogP contribution in [-0.2, 0) is 10.5 Å². The van der Waals surface area contributed by atoms with E-state index in [0.29, 0.717) is 43.1 Å². The van der Waals surface area contributed by atoms with Gasteiger partial charge in [-0.25, -0.2) is 0 Å². The highest BCUT2D eigenvalue weighted by atomic mass is 32.2. The van der Waals surface area contributed by atoms with Crippen LogP contribution in [0.4, 0.5) is 5.69 Å². The molecule has 0 radical (unpaired) electrons. The Balaban J connectivity index is 1.17. The molecule has 5 rings (SSSR count). The van der Waals surface area contributed by atoms with E-state index in [2.05, 4.69) is 16.8 Å². The molecule has 33 heavy (non-hydrogen) atoms. The minimum Gasteiger partial charge on any atom is -0.454 e. The number of nitrogens with zero attached hydrogens (tertiary/aromatic N) is 1. The summed E-state index contributed by atoms with van der Waals surface area (Å²) < 4.78 is 10.7. The molecule has 1 saturated heterocycles. The second kappa shape index (κ2) is 9.89. The summed E-state index contributed by atoms with van der Waals surface area (Å²) in [7, 11) is 0. The molecule has 0 atom stereocenters. The average Bonchev–Trinajstić information content (AvgIpc) is 3.54. The first-order chi connectivity index (χ1) is 16.2. The van der Waals surface area contributed by atoms with Gasteiger partial charge >= 0.3 is 0 Å². The second-order valence-corrected chi connectivity index (χ2v) is 10.0. The van der Waals surface area contributed by atoms with Gasteiger partial charge in [-0.2, -0.15) is 0 Å². The summed E-state index contributed by atoms with van der Waals surface area (Å²) in [5, 5.41) is 5.05. The Labute approximate surface area is 200 Å². The molecule has 8 heteroatoms. The summed E-state index contributed by atoms with van der Waals surface area (Å²) in [5.74, 6) is 2.08. The van der Waals surface area contributed by atoms with Crippen LogP contribution in [0.1, 0.15) is 28.1 Å². The van der Waals surface area contributed by atoms with E-state index in [1.807, 2.05) is 41.3 Å². The smallest absolute Gasteiger partial charge is 0.254 e. The van der Waals surface area contributed by atoms with Crippen LogP contribution in [0.3, 0.4) is 0 Å². The van der Waals surface area contributed by atoms with Crippen LogP contribution in [0.5, 0.6) is 11.5 Å². The molecule has 0 unspecified atom stereocenters. The lowest BCUT2D eigenvalue weighted by atomic mass is 9.95. The maximum absolute atomic E-state index is 13.2. The van der Waals surface area contributed by atoms with Gasteiger partial charge in [0.1, 0.15) is 0 Å². The number of rotatable bonds is 6. The fourth-order valence-corrected chi connectivity index (χ4v) is 5.86. The molecular weight excluding hydrogens is 456 g/mol. The number of thiophene rings is 1. The SMILES string of the molecule is O=C(Nc1ccc2c(c1)OCO2)C1CCN(C(=O)c2ccccc2SCc2cccs2)CC1. The van der Waals surface area contributed by atoms with Crippen molar-refractivity contribution >= 4 is 40.6 Å². The van der Waals surface area contributed by atoms with Gasteiger partial charge in [-0.1, -0.05) is 18.2 Å². The van der Waals surface area contributed by atoms with Crippen LogP contribution >= 0.6 is 23.1 Å². The Morgan fingerprint density at radius 3 is 2.67 bits per heavy atom. The van der Waals surface area contributed by atoms with Crippen molar-refractivity contribution < 1.29 is 19.1 Å². The number of fused-ring (bicyclic) bond motifs is 1. The third-order valence-electron chi connectivity index (χ3n) is 5.86. The Kier molecular flexibility index (Phi) is 6.55. The molecule has 0 bridgehead atoms. The minimum atomic E-state index is -0.122. The molecule has 1 N–H and O–H groups in total. The fourth-order valence-electron chi connectivity index (χ4n) is 4.05. The van der Waals surface area contributed by atoms with Gasteiger partial charge in [0.2, 0.25) is 12.7 Å². The van der Waals surface area contributed by atoms with Crippen LogP contribution < -0.4 is 14.8 Å². The van der Waals surface area contributed by atoms with Crippen molar-refractivity contribution in [3.63, 3.8) is 0 Å². The maximum Gasteiger partial charge on any atom is 0.254 e. The summed E-state index contributed by atoms with van der Waals surface area (Å²) in [4.78, 5) is 30.2. The average molecular weight is 481 g/mol. The van der Waals surface area contributed by atoms with E-state index in [4.69, 9.17) is 9.47 Å². The van der Waals surface area contributed by atoms with Gasteiger partial charge in [0.15, 0.2) is 11.5 Å². The van der Waals surface area contributed by atoms with Crippen LogP contribution in [-0.4, -0.2) is 36.6 Å². The molecule has 1 fully saturated rings. The predicted molar refractivity (Wildman–Crippen MR) is 130 cm³/mol. The van der Waals surface area contributed by atoms with E-state index in [9.17, 15) is 9.59 Å². The van der Waals surface area contributed by atoms with E-state index in [0.717, 1.165) is 16.2 Å². The molecule has 1 aromatic heterocycles. The Hall–Kier alpha value is -2.97. The fraction of sp³-hybridized carbons (Fsp3) is 0.280. The van der Waals surface area contributed by atoms with Gasteiger partial charge in [-0.05, 0) is 48.6 Å². The number of ether oxygens (including phenoxy) is 2. The molecule has 2 amide bonds. The lowest BCUT2D eigenvalue weighted by Gasteiger charge is -2.31. The first kappa shape index (κ1) is 21.9. The molecule has 0 spiro atoms. The molecule has 0 aliphatic carbocycles. The summed E-state index contributed by atoms with van der Waals surface area (Å²) in [6, 6.07) is 17.3. The van der Waals surface area contributed by atoms with Gasteiger partial charge in [-0.15, -0.1) is 23.1 Å². The van der Waals surface area contributed by atoms with Gasteiger partial charge in [0, 0.05) is 46.3 Å². The number of nitrogens with one attached hydrogen (secondary N) is 1. The first-order valence-corrected chi connectivity index (χ1v) is 12.8. The Morgan fingerprint density at radius 1 is 1.03 bits per heavy atom. The number of hydrogen-bond acceptors (Lipinski definition) is 6. The highest BCUT2D eigenvalue weighted by Gasteiger charge is 2.29. The zero-order chi connectivity index (χ0) is 22.6. The quantitative estimate of drug-likeness (QED) is 0.488. The minimum absolute atomic E-state index is 0.0205. The molecular formula is C25H24N2O4S2. The van der Waals surface area contributed by atoms with Crippen molar-refractivity contribution in [3.8, 4) is 11.5 Å². The zero-order valence-corrected chi connectivity index (χ0v) is 19.6. The third-order valence-corrected chi connectivity index (χ3v) is 8.04. The van der Waals surface area contributed by atoms with Crippen molar-refractivity contribution in [2.75, 3.05) is 25.2 Å². The van der Waals surface area contributed by atoms with Crippen molar-refractivity contribution in [1.82, 2.24) is 4.90 Å². The predicted octanol–water partition coefficient (Wildman–Crippen LogP) is 5.26. The molecule has 0 saturated carbocycles. The number of amides is 2. The largest absolute Gasteiger partial charge is 0.454 e. The van der Waals surface area contributed by atoms with Gasteiger partial charge in [0.25, 0.3) is 5.91 Å². The number of piperidine rings is 1. The molecule has 170 valence electrons. The zero-order valence-electron chi connectivity index (χ0n) is 18.0. The number of carbonyl (C=O) groups is 2. The highest BCUT2D eigenvalue weighted by Crippen LogP contribution is 2.35. The van der Waals surface area contributed by atoms with Crippen LogP contribution in [0.15, 0.2) is 64.9 Å². The number of hydrogen-bond donors (Lipinski definition) is 1. The summed E-state index contributed by atoms with van der Waals surface area (Å²) in [5.41, 5.74) is 1.43. The summed E-state index contributed by atoms with van der Waals surface area (Å²) in [6.07, 6.45) is 1.29. The lowest BCUT2D eigenvalue weighted by Crippen LogP contribution is -2.41. The Morgan fingerprint density at radius 2 is 1.85 bits per heavy atom. The van der Waals surface area contributed by atoms with E-state index in [-0.39, 0.29) is 24.5 Å². The van der Waals surface area contributed by atoms with Gasteiger partial charge in [0.05, 0.1) is 5.56 Å². The lowest BCUT2D eigenvalue weighted by molar-refractivity contribution is -0.121. The highest BCUT2D eigenvalue weighted by molar-refractivity contribution is 7.98. The first-order valence-electron chi connectivity index (χ1n) is 10.9. The van der Waals surface area contributed by atoms with Gasteiger partial charge < -0.3 is 19.7 Å². The number of benzene rings is 2. The van der Waals surface area contributed by atoms with Crippen LogP contribution in [0.25, 0.3) is 0 Å². The maximum atomic E-state index is 13.2. The van der Waals surface area contributed by atoms with E-state index in [1.54, 1.807) is 35.2 Å². The second-order valence-electron chi connectivity index (χ2n) is 7.99. The van der Waals surface area contributed by atoms with E-state index < -0.39 is 0 Å². The standard InChI is InChI=1S/C25H24N2O4S2/c28-24(26-18-7-8-21-22(14-18)31-16-30-21)17-9-11-27(12-10-17)25(29)20-5-1-2-6-23(20)33-15-19-4-3-13-32-19/h1-8,13-14,17H,9-12,15-16H2,(H,26,28). The molecule has 2 aliphatic heterocycles. The number of thioether (sulfide) groups is 1. The monoisotopic (exact) mass is 480 g/mol. The third kappa shape index (κ3) is 5.02. The van der Waals surface area contributed by atoms with Crippen molar-refractivity contribution in [2.24, 2.45) is 5.92 Å². The number of likely N-dealkylation sites (tertiary alicyclic amines) is 1. The molecule has 2 aromatic carbocycles. The van der Waals surface area contributed by atoms with Crippen LogP contribution in [0, 0.1) is 5.92 Å². The van der Waals surface area contributed by atoms with Crippen molar-refractivity contribution in [2.45, 2.75) is 23.5 Å². The molecule has 3 heterocycles. The number of carbonyl (C=O) groups excluding carboxylic acids is 2. The van der Waals surface area contributed by atoms with E-state index in [1.165, 1.54) is 4.88 Å². The molecule has 3 aromatic rings. The summed E-state index contributed by atoms with van der Waals surface area (Å²) >= 11 is 3.42. The normalized spacial score (nSPS) is 15.5. The topological polar surface area (TPSA) is 67.9 Å². The Bertz CT molecular complexity index is 1140. The molecule has 6 nitrogen and oxygen atoms in total. The van der Waals surface area contributed by atoms with Crippen molar-refractivity contribution in [3.05, 3.63) is 70.4 Å².